The lowest BCUT2D eigenvalue weighted by atomic mass is 10.0. The number of alkyl halides is 3. The predicted molar refractivity (Wildman–Crippen MR) is 109 cm³/mol. The number of ether oxygens (including phenoxy) is 3. The molecule has 0 bridgehead atoms. The summed E-state index contributed by atoms with van der Waals surface area (Å²) in [5, 5.41) is 8.55. The average molecular weight is 439 g/mol. The van der Waals surface area contributed by atoms with Crippen molar-refractivity contribution in [1.82, 2.24) is 9.97 Å². The lowest BCUT2D eigenvalue weighted by Crippen LogP contribution is -2.49. The van der Waals surface area contributed by atoms with Crippen LogP contribution in [0.1, 0.15) is 18.2 Å². The van der Waals surface area contributed by atoms with Crippen molar-refractivity contribution in [3.8, 4) is 5.75 Å². The number of anilines is 2. The van der Waals surface area contributed by atoms with E-state index in [1.54, 1.807) is 25.3 Å². The third-order valence-corrected chi connectivity index (χ3v) is 4.70. The topological polar surface area (TPSA) is 107 Å². The number of nitrogens with two attached hydrogens (primary N) is 1. The smallest absolute Gasteiger partial charge is 0.416 e. The lowest BCUT2D eigenvalue weighted by Gasteiger charge is -2.34. The molecule has 168 valence electrons. The van der Waals surface area contributed by atoms with Crippen molar-refractivity contribution in [3.63, 3.8) is 0 Å². The largest absolute Gasteiger partial charge is 0.488 e. The van der Waals surface area contributed by atoms with E-state index >= 15 is 0 Å². The van der Waals surface area contributed by atoms with Gasteiger partial charge in [0.2, 0.25) is 0 Å². The van der Waals surface area contributed by atoms with Gasteiger partial charge in [0.05, 0.1) is 31.2 Å². The zero-order valence-corrected chi connectivity index (χ0v) is 17.1. The van der Waals surface area contributed by atoms with Gasteiger partial charge in [-0.15, -0.1) is 0 Å². The number of nitrogens with zero attached hydrogens (tertiary/aromatic N) is 3. The predicted octanol–water partition coefficient (Wildman–Crippen LogP) is 2.66. The van der Waals surface area contributed by atoms with Gasteiger partial charge in [0, 0.05) is 31.0 Å². The minimum atomic E-state index is -4.46. The molecule has 1 aromatic heterocycles. The molecule has 3 rings (SSSR count). The minimum Gasteiger partial charge on any atom is -0.488 e. The number of nitrogen functional groups attached to an aromatic ring is 1. The van der Waals surface area contributed by atoms with Crippen LogP contribution in [0.3, 0.4) is 0 Å². The second-order valence-electron chi connectivity index (χ2n) is 7.12. The van der Waals surface area contributed by atoms with Gasteiger partial charge in [-0.1, -0.05) is 0 Å². The molecule has 1 aromatic carbocycles. The molecule has 2 heterocycles. The number of halogens is 3. The summed E-state index contributed by atoms with van der Waals surface area (Å²) in [6.07, 6.45) is -5.34. The lowest BCUT2D eigenvalue weighted by molar-refractivity contribution is -0.221. The highest BCUT2D eigenvalue weighted by atomic mass is 19.4. The summed E-state index contributed by atoms with van der Waals surface area (Å²) in [4.78, 5) is 9.66. The maximum Gasteiger partial charge on any atom is 0.416 e. The van der Waals surface area contributed by atoms with Gasteiger partial charge in [-0.25, -0.2) is 9.97 Å². The molecule has 1 aliphatic heterocycles. The normalized spacial score (nSPS) is 18.0. The molecule has 1 aliphatic rings. The van der Waals surface area contributed by atoms with Gasteiger partial charge in [0.25, 0.3) is 0 Å². The highest BCUT2D eigenvalue weighted by molar-refractivity contribution is 6.13. The summed E-state index contributed by atoms with van der Waals surface area (Å²) in [6.45, 7) is 2.03. The molecule has 0 saturated carbocycles. The van der Waals surface area contributed by atoms with Crippen molar-refractivity contribution >= 4 is 17.2 Å². The summed E-state index contributed by atoms with van der Waals surface area (Å²) < 4.78 is 54.7. The average Bonchev–Trinajstić information content (AvgIpc) is 2.74. The van der Waals surface area contributed by atoms with Gasteiger partial charge in [0.15, 0.2) is 6.10 Å². The summed E-state index contributed by atoms with van der Waals surface area (Å²) >= 11 is 0. The molecule has 2 atom stereocenters. The van der Waals surface area contributed by atoms with E-state index in [9.17, 15) is 13.2 Å². The van der Waals surface area contributed by atoms with E-state index in [1.807, 2.05) is 6.92 Å². The summed E-state index contributed by atoms with van der Waals surface area (Å²) in [6, 6.07) is 6.41. The highest BCUT2D eigenvalue weighted by Gasteiger charge is 2.43. The highest BCUT2D eigenvalue weighted by Crippen LogP contribution is 2.28. The molecular formula is C20H24F3N5O3. The fourth-order valence-corrected chi connectivity index (χ4v) is 3.18. The second-order valence-corrected chi connectivity index (χ2v) is 7.12. The van der Waals surface area contributed by atoms with E-state index in [1.165, 1.54) is 17.3 Å². The fraction of sp³-hybridized carbons (Fsp3) is 0.450. The maximum absolute atomic E-state index is 13.0. The van der Waals surface area contributed by atoms with E-state index in [4.69, 9.17) is 25.4 Å². The van der Waals surface area contributed by atoms with Crippen molar-refractivity contribution in [3.05, 3.63) is 41.9 Å². The number of hydrogen-bond donors (Lipinski definition) is 2. The molecule has 0 aliphatic carbocycles. The van der Waals surface area contributed by atoms with Gasteiger partial charge in [-0.05, 0) is 25.1 Å². The van der Waals surface area contributed by atoms with Gasteiger partial charge >= 0.3 is 6.18 Å². The Kier molecular flexibility index (Phi) is 6.96. The van der Waals surface area contributed by atoms with Crippen LogP contribution in [0.5, 0.6) is 5.75 Å². The molecule has 8 nitrogen and oxygen atoms in total. The number of benzene rings is 1. The van der Waals surface area contributed by atoms with Crippen LogP contribution in [-0.2, 0) is 9.47 Å². The van der Waals surface area contributed by atoms with E-state index in [0.29, 0.717) is 23.6 Å². The maximum atomic E-state index is 13.0. The molecule has 1 fully saturated rings. The number of aromatic nitrogens is 2. The first-order chi connectivity index (χ1) is 14.7. The molecule has 2 aromatic rings. The Morgan fingerprint density at radius 3 is 2.84 bits per heavy atom. The van der Waals surface area contributed by atoms with Crippen LogP contribution in [-0.4, -0.2) is 67.5 Å². The van der Waals surface area contributed by atoms with Crippen LogP contribution in [0.4, 0.5) is 24.7 Å². The van der Waals surface area contributed by atoms with Crippen molar-refractivity contribution in [1.29, 1.82) is 5.41 Å². The number of methoxy groups -OCH3 is 1. The zero-order valence-electron chi connectivity index (χ0n) is 17.1. The molecule has 0 radical (unpaired) electrons. The monoisotopic (exact) mass is 439 g/mol. The van der Waals surface area contributed by atoms with Crippen molar-refractivity contribution in [2.75, 3.05) is 44.0 Å². The van der Waals surface area contributed by atoms with E-state index in [-0.39, 0.29) is 43.0 Å². The quantitative estimate of drug-likeness (QED) is 0.505. The Morgan fingerprint density at radius 2 is 2.13 bits per heavy atom. The second kappa shape index (κ2) is 9.48. The van der Waals surface area contributed by atoms with Crippen LogP contribution in [0.25, 0.3) is 0 Å². The number of morpholine rings is 1. The zero-order chi connectivity index (χ0) is 22.6. The first-order valence-electron chi connectivity index (χ1n) is 9.58. The Balaban J connectivity index is 1.82. The molecule has 11 heteroatoms. The third-order valence-electron chi connectivity index (χ3n) is 4.70. The first kappa shape index (κ1) is 22.8. The standard InChI is InChI=1S/C20H24F3N5O3/c1-12(10-29-2)31-13-3-4-15(24)14(7-13)19(25)16-8-18(27-11-26-16)28-5-6-30-17(9-28)20(21,22)23/h3-4,7-8,11-12,17,25H,5-6,9-10,24H2,1-2H3. The van der Waals surface area contributed by atoms with Crippen molar-refractivity contribution in [2.45, 2.75) is 25.3 Å². The van der Waals surface area contributed by atoms with Gasteiger partial charge in [-0.2, -0.15) is 13.2 Å². The Bertz CT molecular complexity index is 925. The molecule has 2 unspecified atom stereocenters. The Labute approximate surface area is 177 Å². The Hall–Kier alpha value is -2.92. The number of hydrogen-bond acceptors (Lipinski definition) is 8. The molecule has 1 saturated heterocycles. The molecular weight excluding hydrogens is 415 g/mol. The van der Waals surface area contributed by atoms with Crippen LogP contribution in [0, 0.1) is 5.41 Å². The first-order valence-corrected chi connectivity index (χ1v) is 9.58. The van der Waals surface area contributed by atoms with Gasteiger partial charge in [0.1, 0.15) is 24.0 Å². The van der Waals surface area contributed by atoms with Crippen LogP contribution < -0.4 is 15.4 Å². The summed E-state index contributed by atoms with van der Waals surface area (Å²) in [7, 11) is 1.57. The minimum absolute atomic E-state index is 0.00613. The van der Waals surface area contributed by atoms with Gasteiger partial charge < -0.3 is 24.8 Å². The molecule has 31 heavy (non-hydrogen) atoms. The molecule has 0 spiro atoms. The third kappa shape index (κ3) is 5.61. The van der Waals surface area contributed by atoms with E-state index in [0.717, 1.165) is 0 Å². The van der Waals surface area contributed by atoms with E-state index < -0.39 is 12.3 Å². The summed E-state index contributed by atoms with van der Waals surface area (Å²) in [5.74, 6) is 0.793. The molecule has 3 N–H and O–H groups in total. The van der Waals surface area contributed by atoms with Crippen LogP contribution >= 0.6 is 0 Å². The van der Waals surface area contributed by atoms with Gasteiger partial charge in [-0.3, -0.25) is 5.41 Å². The Morgan fingerprint density at radius 1 is 1.35 bits per heavy atom. The fourth-order valence-electron chi connectivity index (χ4n) is 3.18. The summed E-state index contributed by atoms with van der Waals surface area (Å²) in [5.41, 5.74) is 7.02. The van der Waals surface area contributed by atoms with Crippen molar-refractivity contribution in [2.24, 2.45) is 0 Å². The number of nitrogens with one attached hydrogen (secondary N) is 1. The van der Waals surface area contributed by atoms with Crippen molar-refractivity contribution < 1.29 is 27.4 Å². The van der Waals surface area contributed by atoms with Crippen LogP contribution in [0.15, 0.2) is 30.6 Å². The SMILES string of the molecule is COCC(C)Oc1ccc(N)c(C(=N)c2cc(N3CCOC(C(F)(F)F)C3)ncn2)c1. The number of rotatable bonds is 7. The molecule has 0 amide bonds. The van der Waals surface area contributed by atoms with E-state index in [2.05, 4.69) is 9.97 Å². The van der Waals surface area contributed by atoms with Crippen LogP contribution in [0.2, 0.25) is 0 Å².